The molecule has 4 rings (SSSR count). The summed E-state index contributed by atoms with van der Waals surface area (Å²) in [5, 5.41) is 8.60. The molecule has 0 unspecified atom stereocenters. The van der Waals surface area contributed by atoms with Gasteiger partial charge < -0.3 is 13.7 Å². The lowest BCUT2D eigenvalue weighted by atomic mass is 10.1. The molecule has 0 fully saturated rings. The van der Waals surface area contributed by atoms with E-state index in [0.29, 0.717) is 23.1 Å². The van der Waals surface area contributed by atoms with Crippen LogP contribution in [0.1, 0.15) is 21.9 Å². The van der Waals surface area contributed by atoms with Crippen molar-refractivity contribution in [2.75, 3.05) is 6.26 Å². The Hall–Kier alpha value is -2.58. The normalized spacial score (nSPS) is 11.1. The van der Waals surface area contributed by atoms with Gasteiger partial charge >= 0.3 is 5.97 Å². The van der Waals surface area contributed by atoms with E-state index in [2.05, 4.69) is 10.1 Å². The monoisotopic (exact) mass is 386 g/mol. The molecule has 0 aliphatic heterocycles. The molecule has 0 aliphatic carbocycles. The Morgan fingerprint density at radius 3 is 3.00 bits per heavy atom. The number of rotatable bonds is 6. The molecule has 26 heavy (non-hydrogen) atoms. The van der Waals surface area contributed by atoms with Gasteiger partial charge in [0.1, 0.15) is 5.58 Å². The zero-order valence-electron chi connectivity index (χ0n) is 13.8. The number of thiophene rings is 1. The average Bonchev–Trinajstić information content (AvgIpc) is 3.39. The summed E-state index contributed by atoms with van der Waals surface area (Å²) in [7, 11) is 0. The summed E-state index contributed by atoms with van der Waals surface area (Å²) in [5.41, 5.74) is 2.35. The molecule has 0 N–H and O–H groups in total. The number of fused-ring (bicyclic) bond motifs is 1. The smallest absolute Gasteiger partial charge is 0.375 e. The first-order valence-corrected chi connectivity index (χ1v) is 10.1. The van der Waals surface area contributed by atoms with Crippen LogP contribution in [-0.4, -0.2) is 22.4 Å². The molecule has 0 bridgehead atoms. The minimum absolute atomic E-state index is 0.0811. The molecule has 0 aliphatic rings. The molecule has 0 saturated carbocycles. The number of benzene rings is 1. The van der Waals surface area contributed by atoms with E-state index < -0.39 is 5.97 Å². The average molecular weight is 386 g/mol. The Morgan fingerprint density at radius 1 is 1.31 bits per heavy atom. The van der Waals surface area contributed by atoms with Gasteiger partial charge in [0.05, 0.1) is 5.56 Å². The first-order chi connectivity index (χ1) is 12.8. The quantitative estimate of drug-likeness (QED) is 0.442. The van der Waals surface area contributed by atoms with Crippen LogP contribution >= 0.6 is 23.1 Å². The lowest BCUT2D eigenvalue weighted by Crippen LogP contribution is -2.07. The number of carbonyl (C=O) groups is 1. The number of carbonyl (C=O) groups excluding carboxylic acids is 1. The standard InChI is InChI=1S/C18H14N2O4S2/c1-25-10-13-12-4-2-3-5-14(12)23-16(13)18(21)22-8-15-19-17(24-20-15)11-6-7-26-9-11/h2-7,9H,8,10H2,1H3. The molecule has 132 valence electrons. The van der Waals surface area contributed by atoms with Crippen molar-refractivity contribution in [2.45, 2.75) is 12.4 Å². The highest BCUT2D eigenvalue weighted by Crippen LogP contribution is 2.29. The van der Waals surface area contributed by atoms with E-state index in [9.17, 15) is 4.79 Å². The summed E-state index contributed by atoms with van der Waals surface area (Å²) in [4.78, 5) is 16.7. The van der Waals surface area contributed by atoms with Crippen LogP contribution in [0.4, 0.5) is 0 Å². The van der Waals surface area contributed by atoms with Gasteiger partial charge in [0.2, 0.25) is 11.6 Å². The fourth-order valence-corrected chi connectivity index (χ4v) is 3.77. The van der Waals surface area contributed by atoms with E-state index in [-0.39, 0.29) is 12.4 Å². The summed E-state index contributed by atoms with van der Waals surface area (Å²) >= 11 is 3.16. The third-order valence-corrected chi connectivity index (χ3v) is 5.00. The van der Waals surface area contributed by atoms with Gasteiger partial charge in [-0.2, -0.15) is 28.1 Å². The van der Waals surface area contributed by atoms with Crippen molar-refractivity contribution in [3.05, 3.63) is 58.2 Å². The van der Waals surface area contributed by atoms with Crippen LogP contribution < -0.4 is 0 Å². The lowest BCUT2D eigenvalue weighted by molar-refractivity contribution is 0.0424. The van der Waals surface area contributed by atoms with Crippen LogP contribution in [0.5, 0.6) is 0 Å². The van der Waals surface area contributed by atoms with Crippen LogP contribution in [-0.2, 0) is 17.1 Å². The highest BCUT2D eigenvalue weighted by Gasteiger charge is 2.22. The molecule has 3 heterocycles. The Kier molecular flexibility index (Phi) is 4.77. The second-order valence-electron chi connectivity index (χ2n) is 5.44. The molecule has 4 aromatic rings. The summed E-state index contributed by atoms with van der Waals surface area (Å²) in [5.74, 6) is 1.06. The van der Waals surface area contributed by atoms with Gasteiger partial charge in [-0.05, 0) is 23.8 Å². The number of para-hydroxylation sites is 1. The second-order valence-corrected chi connectivity index (χ2v) is 7.09. The van der Waals surface area contributed by atoms with E-state index >= 15 is 0 Å². The number of hydrogen-bond acceptors (Lipinski definition) is 8. The fourth-order valence-electron chi connectivity index (χ4n) is 2.56. The van der Waals surface area contributed by atoms with Crippen LogP contribution in [0.3, 0.4) is 0 Å². The van der Waals surface area contributed by atoms with E-state index in [0.717, 1.165) is 16.5 Å². The van der Waals surface area contributed by atoms with E-state index in [1.807, 2.05) is 47.3 Å². The fraction of sp³-hybridized carbons (Fsp3) is 0.167. The lowest BCUT2D eigenvalue weighted by Gasteiger charge is -2.02. The molecule has 0 saturated heterocycles. The maximum atomic E-state index is 12.5. The summed E-state index contributed by atoms with van der Waals surface area (Å²) in [6, 6.07) is 9.45. The van der Waals surface area contributed by atoms with Gasteiger partial charge in [-0.25, -0.2) is 4.79 Å². The van der Waals surface area contributed by atoms with Crippen molar-refractivity contribution in [3.63, 3.8) is 0 Å². The predicted octanol–water partition coefficient (Wildman–Crippen LogP) is 4.76. The topological polar surface area (TPSA) is 78.4 Å². The van der Waals surface area contributed by atoms with Gasteiger partial charge in [-0.3, -0.25) is 0 Å². The molecule has 0 atom stereocenters. The van der Waals surface area contributed by atoms with Crippen molar-refractivity contribution < 1.29 is 18.5 Å². The number of ether oxygens (including phenoxy) is 1. The Morgan fingerprint density at radius 2 is 2.19 bits per heavy atom. The predicted molar refractivity (Wildman–Crippen MR) is 100 cm³/mol. The van der Waals surface area contributed by atoms with Crippen molar-refractivity contribution in [1.29, 1.82) is 0 Å². The maximum absolute atomic E-state index is 12.5. The molecule has 1 aromatic carbocycles. The van der Waals surface area contributed by atoms with E-state index in [4.69, 9.17) is 13.7 Å². The van der Waals surface area contributed by atoms with Gasteiger partial charge in [-0.15, -0.1) is 0 Å². The number of esters is 1. The number of thioether (sulfide) groups is 1. The zero-order chi connectivity index (χ0) is 17.9. The van der Waals surface area contributed by atoms with Crippen LogP contribution in [0.25, 0.3) is 22.4 Å². The van der Waals surface area contributed by atoms with Crippen molar-refractivity contribution in [1.82, 2.24) is 10.1 Å². The largest absolute Gasteiger partial charge is 0.451 e. The minimum atomic E-state index is -0.535. The number of furan rings is 1. The van der Waals surface area contributed by atoms with Gasteiger partial charge in [0.15, 0.2) is 6.61 Å². The second kappa shape index (κ2) is 7.35. The molecule has 8 heteroatoms. The van der Waals surface area contributed by atoms with E-state index in [1.165, 1.54) is 11.3 Å². The summed E-state index contributed by atoms with van der Waals surface area (Å²) < 4.78 is 16.2. The number of nitrogens with zero attached hydrogens (tertiary/aromatic N) is 2. The highest BCUT2D eigenvalue weighted by atomic mass is 32.2. The molecular weight excluding hydrogens is 372 g/mol. The molecule has 6 nitrogen and oxygen atoms in total. The van der Waals surface area contributed by atoms with Crippen LogP contribution in [0.2, 0.25) is 0 Å². The molecule has 0 radical (unpaired) electrons. The van der Waals surface area contributed by atoms with Gasteiger partial charge in [0.25, 0.3) is 5.89 Å². The van der Waals surface area contributed by atoms with Crippen LogP contribution in [0.15, 0.2) is 50.0 Å². The maximum Gasteiger partial charge on any atom is 0.375 e. The summed E-state index contributed by atoms with van der Waals surface area (Å²) in [6.45, 7) is -0.0811. The minimum Gasteiger partial charge on any atom is -0.451 e. The number of aromatic nitrogens is 2. The van der Waals surface area contributed by atoms with Crippen LogP contribution in [0, 0.1) is 0 Å². The molecular formula is C18H14N2O4S2. The molecule has 3 aromatic heterocycles. The zero-order valence-corrected chi connectivity index (χ0v) is 15.4. The van der Waals surface area contributed by atoms with Gasteiger partial charge in [0, 0.05) is 22.1 Å². The van der Waals surface area contributed by atoms with E-state index in [1.54, 1.807) is 11.8 Å². The first-order valence-electron chi connectivity index (χ1n) is 7.78. The SMILES string of the molecule is CSCc1c(C(=O)OCc2noc(-c3ccsc3)n2)oc2ccccc12. The van der Waals surface area contributed by atoms with Gasteiger partial charge in [-0.1, -0.05) is 23.4 Å². The first kappa shape index (κ1) is 16.9. The molecule has 0 amide bonds. The number of hydrogen-bond donors (Lipinski definition) is 0. The Labute approximate surface area is 157 Å². The highest BCUT2D eigenvalue weighted by molar-refractivity contribution is 7.97. The third-order valence-electron chi connectivity index (χ3n) is 3.74. The summed E-state index contributed by atoms with van der Waals surface area (Å²) in [6.07, 6.45) is 1.97. The Balaban J connectivity index is 1.52. The third kappa shape index (κ3) is 3.25. The van der Waals surface area contributed by atoms with Crippen molar-refractivity contribution in [2.24, 2.45) is 0 Å². The molecule has 0 spiro atoms. The Bertz CT molecular complexity index is 1040. The van der Waals surface area contributed by atoms with Crippen molar-refractivity contribution in [3.8, 4) is 11.5 Å². The van der Waals surface area contributed by atoms with Crippen molar-refractivity contribution >= 4 is 40.0 Å².